The number of hydrogen-bond acceptors (Lipinski definition) is 3. The van der Waals surface area contributed by atoms with Gasteiger partial charge in [-0.2, -0.15) is 0 Å². The Hall–Kier alpha value is -0.450. The molecule has 0 spiro atoms. The van der Waals surface area contributed by atoms with Crippen molar-refractivity contribution < 1.29 is 5.11 Å². The molecule has 0 aliphatic carbocycles. The molecule has 1 heterocycles. The van der Waals surface area contributed by atoms with Gasteiger partial charge in [-0.3, -0.25) is 4.90 Å². The standard InChI is InChI=1S/C13H17ClN2O.2ClH/c1-2-12(16-7-5-15-6-8-16)10-3-4-13(17)11(14)9-10;;/h2-4,9,12,15,17H,1,5-8H2;2*1H/t12-;;/m1../s1. The quantitative estimate of drug-likeness (QED) is 0.839. The molecule has 0 unspecified atom stereocenters. The normalized spacial score (nSPS) is 16.9. The van der Waals surface area contributed by atoms with Crippen molar-refractivity contribution in [3.8, 4) is 5.75 Å². The molecule has 0 aromatic heterocycles. The molecular weight excluding hydrogens is 307 g/mol. The maximum absolute atomic E-state index is 9.43. The predicted molar refractivity (Wildman–Crippen MR) is 85.0 cm³/mol. The summed E-state index contributed by atoms with van der Waals surface area (Å²) in [4.78, 5) is 2.35. The number of aromatic hydroxyl groups is 1. The molecule has 1 fully saturated rings. The van der Waals surface area contributed by atoms with E-state index in [9.17, 15) is 5.11 Å². The molecule has 108 valence electrons. The summed E-state index contributed by atoms with van der Waals surface area (Å²) in [5.74, 6) is 0.124. The van der Waals surface area contributed by atoms with Crippen LogP contribution in [0.3, 0.4) is 0 Å². The second-order valence-electron chi connectivity index (χ2n) is 4.18. The number of phenolic OH excluding ortho intramolecular Hbond substituents is 1. The van der Waals surface area contributed by atoms with Gasteiger partial charge in [0.25, 0.3) is 0 Å². The Kier molecular flexibility index (Phi) is 8.46. The van der Waals surface area contributed by atoms with E-state index in [1.165, 1.54) is 0 Å². The van der Waals surface area contributed by atoms with Gasteiger partial charge in [-0.15, -0.1) is 31.4 Å². The zero-order chi connectivity index (χ0) is 12.3. The predicted octanol–water partition coefficient (Wildman–Crippen LogP) is 3.02. The Balaban J connectivity index is 0.00000162. The van der Waals surface area contributed by atoms with Gasteiger partial charge in [0, 0.05) is 26.2 Å². The Morgan fingerprint density at radius 2 is 1.95 bits per heavy atom. The van der Waals surface area contributed by atoms with Crippen LogP contribution in [0.15, 0.2) is 30.9 Å². The lowest BCUT2D eigenvalue weighted by Gasteiger charge is -2.33. The smallest absolute Gasteiger partial charge is 0.134 e. The molecule has 1 atom stereocenters. The summed E-state index contributed by atoms with van der Waals surface area (Å²) < 4.78 is 0. The number of piperazine rings is 1. The van der Waals surface area contributed by atoms with E-state index < -0.39 is 0 Å². The summed E-state index contributed by atoms with van der Waals surface area (Å²) >= 11 is 5.94. The third kappa shape index (κ3) is 4.55. The lowest BCUT2D eigenvalue weighted by molar-refractivity contribution is 0.203. The van der Waals surface area contributed by atoms with Crippen LogP contribution < -0.4 is 5.32 Å². The molecule has 1 aromatic rings. The minimum atomic E-state index is 0. The largest absolute Gasteiger partial charge is 0.506 e. The van der Waals surface area contributed by atoms with Crippen molar-refractivity contribution in [2.75, 3.05) is 26.2 Å². The first-order valence-corrected chi connectivity index (χ1v) is 6.16. The fraction of sp³-hybridized carbons (Fsp3) is 0.385. The molecular formula is C13H19Cl3N2O. The zero-order valence-corrected chi connectivity index (χ0v) is 12.9. The van der Waals surface area contributed by atoms with Gasteiger partial charge in [-0.25, -0.2) is 0 Å². The highest BCUT2D eigenvalue weighted by Crippen LogP contribution is 2.29. The van der Waals surface area contributed by atoms with E-state index in [0.29, 0.717) is 5.02 Å². The average Bonchev–Trinajstić information content (AvgIpc) is 2.36. The van der Waals surface area contributed by atoms with E-state index in [4.69, 9.17) is 11.6 Å². The van der Waals surface area contributed by atoms with Crippen LogP contribution in [0, 0.1) is 0 Å². The molecule has 19 heavy (non-hydrogen) atoms. The second-order valence-corrected chi connectivity index (χ2v) is 4.58. The first kappa shape index (κ1) is 18.6. The van der Waals surface area contributed by atoms with Gasteiger partial charge in [0.05, 0.1) is 11.1 Å². The number of hydrogen-bond donors (Lipinski definition) is 2. The summed E-state index contributed by atoms with van der Waals surface area (Å²) in [6.45, 7) is 7.88. The molecule has 3 nitrogen and oxygen atoms in total. The summed E-state index contributed by atoms with van der Waals surface area (Å²) in [6.07, 6.45) is 1.92. The van der Waals surface area contributed by atoms with Crippen LogP contribution in [0.25, 0.3) is 0 Å². The summed E-state index contributed by atoms with van der Waals surface area (Å²) in [7, 11) is 0. The number of nitrogens with zero attached hydrogens (tertiary/aromatic N) is 1. The monoisotopic (exact) mass is 324 g/mol. The van der Waals surface area contributed by atoms with Gasteiger partial charge >= 0.3 is 0 Å². The molecule has 1 aliphatic heterocycles. The lowest BCUT2D eigenvalue weighted by Crippen LogP contribution is -2.44. The van der Waals surface area contributed by atoms with Crippen LogP contribution in [-0.4, -0.2) is 36.2 Å². The highest BCUT2D eigenvalue weighted by molar-refractivity contribution is 6.32. The van der Waals surface area contributed by atoms with Crippen molar-refractivity contribution in [2.45, 2.75) is 6.04 Å². The van der Waals surface area contributed by atoms with Crippen LogP contribution in [0.1, 0.15) is 11.6 Å². The first-order chi connectivity index (χ1) is 8.22. The Morgan fingerprint density at radius 3 is 2.47 bits per heavy atom. The highest BCUT2D eigenvalue weighted by atomic mass is 35.5. The van der Waals surface area contributed by atoms with E-state index in [-0.39, 0.29) is 36.6 Å². The molecule has 1 aromatic carbocycles. The number of nitrogens with one attached hydrogen (secondary N) is 1. The zero-order valence-electron chi connectivity index (χ0n) is 10.5. The molecule has 2 rings (SSSR count). The van der Waals surface area contributed by atoms with Crippen molar-refractivity contribution in [3.63, 3.8) is 0 Å². The molecule has 0 saturated carbocycles. The lowest BCUT2D eigenvalue weighted by atomic mass is 10.0. The SMILES string of the molecule is C=C[C@H](c1ccc(O)c(Cl)c1)N1CCNCC1.Cl.Cl. The van der Waals surface area contributed by atoms with Crippen molar-refractivity contribution >= 4 is 36.4 Å². The van der Waals surface area contributed by atoms with E-state index >= 15 is 0 Å². The van der Waals surface area contributed by atoms with Crippen LogP contribution in [-0.2, 0) is 0 Å². The maximum atomic E-state index is 9.43. The fourth-order valence-corrected chi connectivity index (χ4v) is 2.35. The average molecular weight is 326 g/mol. The number of phenols is 1. The summed E-state index contributed by atoms with van der Waals surface area (Å²) in [5.41, 5.74) is 1.07. The van der Waals surface area contributed by atoms with Crippen LogP contribution in [0.4, 0.5) is 0 Å². The summed E-state index contributed by atoms with van der Waals surface area (Å²) in [6, 6.07) is 5.51. The summed E-state index contributed by atoms with van der Waals surface area (Å²) in [5, 5.41) is 13.1. The van der Waals surface area contributed by atoms with E-state index in [1.54, 1.807) is 6.07 Å². The topological polar surface area (TPSA) is 35.5 Å². The highest BCUT2D eigenvalue weighted by Gasteiger charge is 2.19. The van der Waals surface area contributed by atoms with Crippen LogP contribution >= 0.6 is 36.4 Å². The van der Waals surface area contributed by atoms with Gasteiger partial charge in [0.15, 0.2) is 0 Å². The van der Waals surface area contributed by atoms with Crippen molar-refractivity contribution in [1.82, 2.24) is 10.2 Å². The second kappa shape index (κ2) is 8.67. The number of rotatable bonds is 3. The van der Waals surface area contributed by atoms with Crippen molar-refractivity contribution in [1.29, 1.82) is 0 Å². The van der Waals surface area contributed by atoms with Crippen molar-refractivity contribution in [3.05, 3.63) is 41.4 Å². The molecule has 0 radical (unpaired) electrons. The third-order valence-corrected chi connectivity index (χ3v) is 3.38. The Bertz CT molecular complexity index is 409. The molecule has 6 heteroatoms. The minimum Gasteiger partial charge on any atom is -0.506 e. The Labute approximate surface area is 131 Å². The van der Waals surface area contributed by atoms with Crippen molar-refractivity contribution in [2.24, 2.45) is 0 Å². The van der Waals surface area contributed by atoms with E-state index in [1.807, 2.05) is 18.2 Å². The molecule has 0 bridgehead atoms. The van der Waals surface area contributed by atoms with Crippen LogP contribution in [0.2, 0.25) is 5.02 Å². The van der Waals surface area contributed by atoms with Gasteiger partial charge in [-0.05, 0) is 17.7 Å². The number of halogens is 3. The van der Waals surface area contributed by atoms with Gasteiger partial charge in [0.1, 0.15) is 5.75 Å². The Morgan fingerprint density at radius 1 is 1.32 bits per heavy atom. The molecule has 1 saturated heterocycles. The third-order valence-electron chi connectivity index (χ3n) is 3.08. The fourth-order valence-electron chi connectivity index (χ4n) is 2.16. The van der Waals surface area contributed by atoms with Crippen LogP contribution in [0.5, 0.6) is 5.75 Å². The van der Waals surface area contributed by atoms with Gasteiger partial charge in [-0.1, -0.05) is 23.7 Å². The van der Waals surface area contributed by atoms with E-state index in [0.717, 1.165) is 31.7 Å². The molecule has 2 N–H and O–H groups in total. The van der Waals surface area contributed by atoms with E-state index in [2.05, 4.69) is 16.8 Å². The molecule has 1 aliphatic rings. The number of benzene rings is 1. The molecule has 0 amide bonds. The first-order valence-electron chi connectivity index (χ1n) is 5.78. The maximum Gasteiger partial charge on any atom is 0.134 e. The minimum absolute atomic E-state index is 0. The van der Waals surface area contributed by atoms with Gasteiger partial charge in [0.2, 0.25) is 0 Å². The van der Waals surface area contributed by atoms with Gasteiger partial charge < -0.3 is 10.4 Å².